The highest BCUT2D eigenvalue weighted by atomic mass is 16.5. The van der Waals surface area contributed by atoms with E-state index < -0.39 is 0 Å². The van der Waals surface area contributed by atoms with Crippen molar-refractivity contribution in [1.29, 1.82) is 0 Å². The molecule has 4 nitrogen and oxygen atoms in total. The summed E-state index contributed by atoms with van der Waals surface area (Å²) >= 11 is 0. The maximum absolute atomic E-state index is 5.64. The Balaban J connectivity index is 2.36. The first kappa shape index (κ1) is 13.9. The van der Waals surface area contributed by atoms with E-state index in [9.17, 15) is 0 Å². The van der Waals surface area contributed by atoms with E-state index in [2.05, 4.69) is 24.1 Å². The molecule has 0 atom stereocenters. The molecule has 0 spiro atoms. The molecule has 0 aliphatic carbocycles. The van der Waals surface area contributed by atoms with Gasteiger partial charge in [-0.05, 0) is 26.3 Å². The van der Waals surface area contributed by atoms with Gasteiger partial charge in [0.15, 0.2) is 0 Å². The van der Waals surface area contributed by atoms with Crippen molar-refractivity contribution in [2.24, 2.45) is 0 Å². The highest BCUT2D eigenvalue weighted by molar-refractivity contribution is 5.42. The summed E-state index contributed by atoms with van der Waals surface area (Å²) in [6.45, 7) is 5.36. The molecule has 0 saturated heterocycles. The van der Waals surface area contributed by atoms with E-state index in [1.54, 1.807) is 13.3 Å². The predicted molar refractivity (Wildman–Crippen MR) is 69.1 cm³/mol. The topological polar surface area (TPSA) is 43.4 Å². The van der Waals surface area contributed by atoms with E-state index in [1.165, 1.54) is 0 Å². The predicted octanol–water partition coefficient (Wildman–Crippen LogP) is 2.46. The van der Waals surface area contributed by atoms with E-state index in [0.29, 0.717) is 13.2 Å². The molecular weight excluding hydrogens is 216 g/mol. The third-order valence-corrected chi connectivity index (χ3v) is 2.79. The number of pyridine rings is 1. The van der Waals surface area contributed by atoms with Crippen molar-refractivity contribution in [1.82, 2.24) is 4.98 Å². The van der Waals surface area contributed by atoms with Crippen LogP contribution in [0.4, 0.5) is 5.82 Å². The Morgan fingerprint density at radius 2 is 2.18 bits per heavy atom. The number of hydrogen-bond donors (Lipinski definition) is 1. The van der Waals surface area contributed by atoms with E-state index in [4.69, 9.17) is 9.47 Å². The quantitative estimate of drug-likeness (QED) is 0.741. The third-order valence-electron chi connectivity index (χ3n) is 2.79. The Bertz CT molecular complexity index is 340. The van der Waals surface area contributed by atoms with Crippen LogP contribution in [-0.2, 0) is 16.1 Å². The van der Waals surface area contributed by atoms with Gasteiger partial charge in [-0.3, -0.25) is 0 Å². The Morgan fingerprint density at radius 1 is 1.41 bits per heavy atom. The zero-order chi connectivity index (χ0) is 12.7. The van der Waals surface area contributed by atoms with Gasteiger partial charge >= 0.3 is 0 Å². The smallest absolute Gasteiger partial charge is 0.131 e. The maximum Gasteiger partial charge on any atom is 0.131 e. The summed E-state index contributed by atoms with van der Waals surface area (Å²) in [5, 5.41) is 3.05. The number of hydrogen-bond acceptors (Lipinski definition) is 4. The van der Waals surface area contributed by atoms with Gasteiger partial charge in [0.05, 0.1) is 12.2 Å². The minimum absolute atomic E-state index is 0.124. The van der Waals surface area contributed by atoms with Crippen LogP contribution in [0.5, 0.6) is 0 Å². The van der Waals surface area contributed by atoms with Gasteiger partial charge in [-0.1, -0.05) is 6.07 Å². The molecule has 0 aromatic carbocycles. The first-order valence-corrected chi connectivity index (χ1v) is 5.83. The largest absolute Gasteiger partial charge is 0.379 e. The summed E-state index contributed by atoms with van der Waals surface area (Å²) in [5.74, 6) is 0.874. The molecule has 0 amide bonds. The fraction of sp³-hybridized carbons (Fsp3) is 0.615. The minimum Gasteiger partial charge on any atom is -0.379 e. The van der Waals surface area contributed by atoms with Crippen molar-refractivity contribution >= 4 is 5.82 Å². The number of methoxy groups -OCH3 is 1. The lowest BCUT2D eigenvalue weighted by atomic mass is 10.1. The van der Waals surface area contributed by atoms with Crippen molar-refractivity contribution < 1.29 is 9.47 Å². The van der Waals surface area contributed by atoms with Crippen LogP contribution in [-0.4, -0.2) is 31.3 Å². The molecule has 0 aliphatic heterocycles. The van der Waals surface area contributed by atoms with Gasteiger partial charge in [0.1, 0.15) is 5.82 Å². The monoisotopic (exact) mass is 238 g/mol. The zero-order valence-corrected chi connectivity index (χ0v) is 11.1. The SMILES string of the molecule is CNc1ncccc1COCCC(C)(C)OC. The van der Waals surface area contributed by atoms with Gasteiger partial charge in [-0.25, -0.2) is 4.98 Å². The molecule has 0 aliphatic rings. The molecule has 0 radical (unpaired) electrons. The number of aromatic nitrogens is 1. The van der Waals surface area contributed by atoms with E-state index in [0.717, 1.165) is 17.8 Å². The van der Waals surface area contributed by atoms with E-state index >= 15 is 0 Å². The maximum atomic E-state index is 5.64. The molecule has 1 aromatic heterocycles. The highest BCUT2D eigenvalue weighted by Crippen LogP contribution is 2.15. The lowest BCUT2D eigenvalue weighted by molar-refractivity contribution is -0.0124. The second-order valence-electron chi connectivity index (χ2n) is 4.53. The fourth-order valence-corrected chi connectivity index (χ4v) is 1.38. The molecule has 1 aromatic rings. The van der Waals surface area contributed by atoms with Crippen molar-refractivity contribution in [2.75, 3.05) is 26.1 Å². The lowest BCUT2D eigenvalue weighted by Gasteiger charge is -2.22. The summed E-state index contributed by atoms with van der Waals surface area (Å²) in [4.78, 5) is 4.23. The van der Waals surface area contributed by atoms with Crippen LogP contribution in [0.25, 0.3) is 0 Å². The number of anilines is 1. The number of nitrogens with one attached hydrogen (secondary N) is 1. The molecular formula is C13H22N2O2. The van der Waals surface area contributed by atoms with Crippen LogP contribution >= 0.6 is 0 Å². The second-order valence-corrected chi connectivity index (χ2v) is 4.53. The normalized spacial score (nSPS) is 11.5. The Morgan fingerprint density at radius 3 is 2.82 bits per heavy atom. The summed E-state index contributed by atoms with van der Waals surface area (Å²) in [7, 11) is 3.58. The molecule has 0 bridgehead atoms. The molecule has 0 saturated carbocycles. The van der Waals surface area contributed by atoms with Crippen LogP contribution in [0, 0.1) is 0 Å². The van der Waals surface area contributed by atoms with Gasteiger partial charge in [-0.2, -0.15) is 0 Å². The average Bonchev–Trinajstić information content (AvgIpc) is 2.35. The first-order valence-electron chi connectivity index (χ1n) is 5.83. The van der Waals surface area contributed by atoms with Crippen LogP contribution in [0.1, 0.15) is 25.8 Å². The second kappa shape index (κ2) is 6.57. The van der Waals surface area contributed by atoms with E-state index in [-0.39, 0.29) is 5.60 Å². The third kappa shape index (κ3) is 4.71. The summed E-state index contributed by atoms with van der Waals surface area (Å²) in [6, 6.07) is 3.93. The van der Waals surface area contributed by atoms with Crippen LogP contribution in [0.3, 0.4) is 0 Å². The van der Waals surface area contributed by atoms with Crippen LogP contribution in [0.2, 0.25) is 0 Å². The standard InChI is InChI=1S/C13H22N2O2/c1-13(2,16-4)7-9-17-10-11-6-5-8-15-12(11)14-3/h5-6,8H,7,9-10H2,1-4H3,(H,14,15). The molecule has 0 unspecified atom stereocenters. The molecule has 0 fully saturated rings. The zero-order valence-electron chi connectivity index (χ0n) is 11.1. The highest BCUT2D eigenvalue weighted by Gasteiger charge is 2.15. The molecule has 96 valence electrons. The van der Waals surface area contributed by atoms with Gasteiger partial charge in [0, 0.05) is 32.5 Å². The Kier molecular flexibility index (Phi) is 5.38. The molecule has 4 heteroatoms. The molecule has 17 heavy (non-hydrogen) atoms. The van der Waals surface area contributed by atoms with Gasteiger partial charge in [0.2, 0.25) is 0 Å². The van der Waals surface area contributed by atoms with Gasteiger partial charge in [-0.15, -0.1) is 0 Å². The summed E-state index contributed by atoms with van der Waals surface area (Å²) < 4.78 is 11.0. The Labute approximate surface area is 103 Å². The number of nitrogens with zero attached hydrogens (tertiary/aromatic N) is 1. The van der Waals surface area contributed by atoms with Gasteiger partial charge in [0.25, 0.3) is 0 Å². The van der Waals surface area contributed by atoms with Crippen molar-refractivity contribution in [2.45, 2.75) is 32.5 Å². The molecule has 1 N–H and O–H groups in total. The minimum atomic E-state index is -0.124. The van der Waals surface area contributed by atoms with Crippen molar-refractivity contribution in [3.8, 4) is 0 Å². The van der Waals surface area contributed by atoms with Crippen molar-refractivity contribution in [3.05, 3.63) is 23.9 Å². The fourth-order valence-electron chi connectivity index (χ4n) is 1.38. The van der Waals surface area contributed by atoms with Crippen molar-refractivity contribution in [3.63, 3.8) is 0 Å². The van der Waals surface area contributed by atoms with Crippen LogP contribution in [0.15, 0.2) is 18.3 Å². The Hall–Kier alpha value is -1.13. The van der Waals surface area contributed by atoms with E-state index in [1.807, 2.05) is 19.2 Å². The molecule has 1 rings (SSSR count). The first-order chi connectivity index (χ1) is 8.09. The number of rotatable bonds is 7. The average molecular weight is 238 g/mol. The number of ether oxygens (including phenoxy) is 2. The summed E-state index contributed by atoms with van der Waals surface area (Å²) in [6.07, 6.45) is 2.64. The van der Waals surface area contributed by atoms with Gasteiger partial charge < -0.3 is 14.8 Å². The van der Waals surface area contributed by atoms with Crippen LogP contribution < -0.4 is 5.32 Å². The lowest BCUT2D eigenvalue weighted by Crippen LogP contribution is -2.24. The molecule has 1 heterocycles. The summed E-state index contributed by atoms with van der Waals surface area (Å²) in [5.41, 5.74) is 0.950.